The van der Waals surface area contributed by atoms with Gasteiger partial charge in [0.15, 0.2) is 0 Å². The Kier molecular flexibility index (Phi) is 6.59. The van der Waals surface area contributed by atoms with Crippen LogP contribution in [0.25, 0.3) is 23.4 Å². The van der Waals surface area contributed by atoms with Crippen molar-refractivity contribution in [3.8, 4) is 17.0 Å². The number of carboxylic acid groups (broad SMARTS) is 1. The molecule has 0 radical (unpaired) electrons. The highest BCUT2D eigenvalue weighted by Gasteiger charge is 2.38. The number of benzene rings is 1. The number of pyridine rings is 1. The zero-order valence-corrected chi connectivity index (χ0v) is 18.6. The van der Waals surface area contributed by atoms with Gasteiger partial charge >= 0.3 is 12.1 Å². The maximum absolute atomic E-state index is 12.3. The van der Waals surface area contributed by atoms with Gasteiger partial charge in [-0.25, -0.2) is 4.79 Å². The van der Waals surface area contributed by atoms with Gasteiger partial charge in [0.2, 0.25) is 0 Å². The summed E-state index contributed by atoms with van der Waals surface area (Å²) < 4.78 is 38.9. The second-order valence-corrected chi connectivity index (χ2v) is 7.83. The first-order chi connectivity index (χ1) is 16.7. The molecule has 3 aromatic rings. The predicted molar refractivity (Wildman–Crippen MR) is 121 cm³/mol. The SMILES string of the molecule is COc1cccc(C=Cc2cc3c(cn2)CCc2c-3nn3c2C(=O)NCC3)c1.O=C(O)C(F)(F)F. The highest BCUT2D eigenvalue weighted by molar-refractivity contribution is 5.97. The molecule has 11 heteroatoms. The molecule has 0 unspecified atom stereocenters. The van der Waals surface area contributed by atoms with Crippen LogP contribution in [0.1, 0.15) is 32.9 Å². The Labute approximate surface area is 198 Å². The van der Waals surface area contributed by atoms with Crippen molar-refractivity contribution in [1.82, 2.24) is 20.1 Å². The molecule has 2 aromatic heterocycles. The van der Waals surface area contributed by atoms with E-state index in [1.807, 2.05) is 47.3 Å². The molecule has 0 saturated heterocycles. The van der Waals surface area contributed by atoms with Crippen LogP contribution in [0.5, 0.6) is 5.75 Å². The van der Waals surface area contributed by atoms with Crippen molar-refractivity contribution in [2.45, 2.75) is 25.6 Å². The molecule has 2 N–H and O–H groups in total. The van der Waals surface area contributed by atoms with E-state index in [9.17, 15) is 18.0 Å². The number of amides is 1. The Morgan fingerprint density at radius 2 is 2.00 bits per heavy atom. The predicted octanol–water partition coefficient (Wildman–Crippen LogP) is 3.60. The molecule has 5 rings (SSSR count). The molecule has 182 valence electrons. The number of aromatic nitrogens is 3. The number of ether oxygens (including phenoxy) is 1. The fraction of sp³-hybridized carbons (Fsp3) is 0.250. The molecule has 0 spiro atoms. The van der Waals surface area contributed by atoms with E-state index in [-0.39, 0.29) is 5.91 Å². The Hall–Kier alpha value is -4.15. The standard InChI is InChI=1S/C22H20N4O2.C2HF3O2/c1-28-17-4-2-3-14(11-17)5-7-16-12-19-15(13-24-16)6-8-18-20(19)25-26-10-9-23-22(27)21(18)26;3-2(4,5)1(6)7/h2-5,7,11-13H,6,8-10H2,1H3,(H,23,27);(H,6,7). The van der Waals surface area contributed by atoms with Gasteiger partial charge in [-0.3, -0.25) is 14.5 Å². The van der Waals surface area contributed by atoms with E-state index < -0.39 is 12.1 Å². The topological polar surface area (TPSA) is 106 Å². The van der Waals surface area contributed by atoms with E-state index in [0.717, 1.165) is 58.9 Å². The first kappa shape index (κ1) is 24.0. The minimum absolute atomic E-state index is 0.0179. The number of alkyl halides is 3. The number of nitrogens with zero attached hydrogens (tertiary/aromatic N) is 3. The van der Waals surface area contributed by atoms with Gasteiger partial charge in [0.1, 0.15) is 11.4 Å². The summed E-state index contributed by atoms with van der Waals surface area (Å²) in [6, 6.07) is 9.96. The number of halogens is 3. The summed E-state index contributed by atoms with van der Waals surface area (Å²) in [5.74, 6) is -1.95. The smallest absolute Gasteiger partial charge is 0.490 e. The highest BCUT2D eigenvalue weighted by atomic mass is 19.4. The summed E-state index contributed by atoms with van der Waals surface area (Å²) in [6.07, 6.45) is 2.56. The molecule has 0 saturated carbocycles. The molecule has 3 heterocycles. The van der Waals surface area contributed by atoms with E-state index in [2.05, 4.69) is 16.4 Å². The molecular formula is C24H21F3N4O4. The van der Waals surface area contributed by atoms with Crippen molar-refractivity contribution in [2.75, 3.05) is 13.7 Å². The number of carboxylic acids is 1. The monoisotopic (exact) mass is 486 g/mol. The van der Waals surface area contributed by atoms with Crippen LogP contribution < -0.4 is 10.1 Å². The fourth-order valence-electron chi connectivity index (χ4n) is 3.92. The van der Waals surface area contributed by atoms with Crippen molar-refractivity contribution >= 4 is 24.0 Å². The number of aryl methyl sites for hydroxylation is 1. The lowest BCUT2D eigenvalue weighted by molar-refractivity contribution is -0.192. The lowest BCUT2D eigenvalue weighted by Gasteiger charge is -2.17. The van der Waals surface area contributed by atoms with Gasteiger partial charge in [0.25, 0.3) is 5.91 Å². The molecule has 1 aromatic carbocycles. The number of aliphatic carboxylic acids is 1. The zero-order valence-electron chi connectivity index (χ0n) is 18.6. The lowest BCUT2D eigenvalue weighted by atomic mass is 9.89. The number of rotatable bonds is 3. The van der Waals surface area contributed by atoms with Crippen LogP contribution in [0.15, 0.2) is 36.5 Å². The van der Waals surface area contributed by atoms with E-state index in [0.29, 0.717) is 6.54 Å². The lowest BCUT2D eigenvalue weighted by Crippen LogP contribution is -2.36. The second kappa shape index (κ2) is 9.61. The van der Waals surface area contributed by atoms with Gasteiger partial charge in [0, 0.05) is 23.9 Å². The third-order valence-corrected chi connectivity index (χ3v) is 5.56. The minimum Gasteiger partial charge on any atom is -0.497 e. The van der Waals surface area contributed by atoms with Crippen LogP contribution in [0.4, 0.5) is 13.2 Å². The number of nitrogens with one attached hydrogen (secondary N) is 1. The van der Waals surface area contributed by atoms with Gasteiger partial charge in [-0.05, 0) is 48.2 Å². The van der Waals surface area contributed by atoms with Crippen LogP contribution in [0, 0.1) is 0 Å². The Bertz CT molecular complexity index is 1310. The first-order valence-electron chi connectivity index (χ1n) is 10.7. The number of hydrogen-bond donors (Lipinski definition) is 2. The summed E-state index contributed by atoms with van der Waals surface area (Å²) in [5.41, 5.74) is 6.87. The van der Waals surface area contributed by atoms with Crippen molar-refractivity contribution in [3.63, 3.8) is 0 Å². The average Bonchev–Trinajstić information content (AvgIpc) is 3.23. The number of methoxy groups -OCH3 is 1. The fourth-order valence-corrected chi connectivity index (χ4v) is 3.92. The van der Waals surface area contributed by atoms with Crippen molar-refractivity contribution in [1.29, 1.82) is 0 Å². The van der Waals surface area contributed by atoms with Crippen molar-refractivity contribution in [2.24, 2.45) is 0 Å². The summed E-state index contributed by atoms with van der Waals surface area (Å²) in [6.45, 7) is 1.35. The summed E-state index contributed by atoms with van der Waals surface area (Å²) in [5, 5.41) is 14.8. The number of carbonyl (C=O) groups is 2. The first-order valence-corrected chi connectivity index (χ1v) is 10.7. The molecular weight excluding hydrogens is 465 g/mol. The molecule has 35 heavy (non-hydrogen) atoms. The Morgan fingerprint density at radius 3 is 2.71 bits per heavy atom. The maximum atomic E-state index is 12.3. The van der Waals surface area contributed by atoms with Gasteiger partial charge in [-0.15, -0.1) is 0 Å². The average molecular weight is 486 g/mol. The zero-order chi connectivity index (χ0) is 25.2. The van der Waals surface area contributed by atoms with Crippen LogP contribution in [-0.4, -0.2) is 51.6 Å². The molecule has 2 aliphatic rings. The van der Waals surface area contributed by atoms with Crippen LogP contribution in [0.2, 0.25) is 0 Å². The quantitative estimate of drug-likeness (QED) is 0.586. The third-order valence-electron chi connectivity index (χ3n) is 5.56. The van der Waals surface area contributed by atoms with Gasteiger partial charge in [-0.2, -0.15) is 18.3 Å². The summed E-state index contributed by atoms with van der Waals surface area (Å²) in [4.78, 5) is 25.8. The van der Waals surface area contributed by atoms with Gasteiger partial charge < -0.3 is 15.2 Å². The van der Waals surface area contributed by atoms with Crippen molar-refractivity contribution < 1.29 is 32.6 Å². The van der Waals surface area contributed by atoms with Gasteiger partial charge in [0.05, 0.1) is 25.0 Å². The molecule has 0 bridgehead atoms. The van der Waals surface area contributed by atoms with E-state index in [1.54, 1.807) is 7.11 Å². The third kappa shape index (κ3) is 5.18. The largest absolute Gasteiger partial charge is 0.497 e. The Balaban J connectivity index is 0.000000364. The van der Waals surface area contributed by atoms with Crippen LogP contribution >= 0.6 is 0 Å². The van der Waals surface area contributed by atoms with E-state index in [1.165, 1.54) is 5.56 Å². The normalized spacial score (nSPS) is 14.2. The number of hydrogen-bond acceptors (Lipinski definition) is 5. The second-order valence-electron chi connectivity index (χ2n) is 7.83. The minimum atomic E-state index is -5.08. The van der Waals surface area contributed by atoms with Crippen molar-refractivity contribution in [3.05, 3.63) is 64.6 Å². The van der Waals surface area contributed by atoms with Crippen LogP contribution in [-0.2, 0) is 24.2 Å². The maximum Gasteiger partial charge on any atom is 0.490 e. The highest BCUT2D eigenvalue weighted by Crippen LogP contribution is 2.35. The Morgan fingerprint density at radius 1 is 1.23 bits per heavy atom. The molecule has 8 nitrogen and oxygen atoms in total. The number of carbonyl (C=O) groups excluding carboxylic acids is 1. The number of fused-ring (bicyclic) bond motifs is 5. The summed E-state index contributed by atoms with van der Waals surface area (Å²) >= 11 is 0. The molecule has 0 fully saturated rings. The molecule has 1 aliphatic carbocycles. The summed E-state index contributed by atoms with van der Waals surface area (Å²) in [7, 11) is 1.66. The molecule has 1 amide bonds. The molecule has 0 atom stereocenters. The molecule has 1 aliphatic heterocycles. The van der Waals surface area contributed by atoms with E-state index >= 15 is 0 Å². The van der Waals surface area contributed by atoms with Gasteiger partial charge in [-0.1, -0.05) is 18.2 Å². The van der Waals surface area contributed by atoms with Crippen LogP contribution in [0.3, 0.4) is 0 Å². The van der Waals surface area contributed by atoms with E-state index in [4.69, 9.17) is 19.7 Å².